The molecule has 0 aliphatic carbocycles. The Balaban J connectivity index is 2.11. The summed E-state index contributed by atoms with van der Waals surface area (Å²) in [6.07, 6.45) is 2.67. The summed E-state index contributed by atoms with van der Waals surface area (Å²) < 4.78 is 0. The number of nitrogens with zero attached hydrogens (tertiary/aromatic N) is 2. The Morgan fingerprint density at radius 2 is 2.22 bits per heavy atom. The maximum Gasteiger partial charge on any atom is 0.257 e. The molecule has 1 aromatic heterocycles. The van der Waals surface area contributed by atoms with Gasteiger partial charge >= 0.3 is 0 Å². The van der Waals surface area contributed by atoms with Crippen LogP contribution in [0.25, 0.3) is 0 Å². The molecule has 4 nitrogen and oxygen atoms in total. The van der Waals surface area contributed by atoms with E-state index < -0.39 is 0 Å². The third kappa shape index (κ3) is 2.47. The second-order valence-corrected chi connectivity index (χ2v) is 6.04. The van der Waals surface area contributed by atoms with Gasteiger partial charge in [-0.1, -0.05) is 20.8 Å². The first-order valence-corrected chi connectivity index (χ1v) is 6.39. The van der Waals surface area contributed by atoms with Crippen molar-refractivity contribution in [2.75, 3.05) is 18.8 Å². The topological polar surface area (TPSA) is 59.2 Å². The average molecular weight is 247 g/mol. The Kier molecular flexibility index (Phi) is 3.28. The lowest BCUT2D eigenvalue weighted by Crippen LogP contribution is -2.31. The van der Waals surface area contributed by atoms with Crippen molar-refractivity contribution < 1.29 is 4.79 Å². The fourth-order valence-corrected chi connectivity index (χ4v) is 2.42. The predicted octanol–water partition coefficient (Wildman–Crippen LogP) is 2.17. The van der Waals surface area contributed by atoms with Crippen LogP contribution in [-0.4, -0.2) is 28.9 Å². The molecule has 0 bridgehead atoms. The van der Waals surface area contributed by atoms with Crippen LogP contribution in [0, 0.1) is 11.3 Å². The van der Waals surface area contributed by atoms with E-state index in [1.54, 1.807) is 18.3 Å². The van der Waals surface area contributed by atoms with E-state index in [4.69, 9.17) is 5.73 Å². The van der Waals surface area contributed by atoms with Crippen LogP contribution >= 0.6 is 0 Å². The number of carbonyl (C=O) groups excluding carboxylic acids is 1. The lowest BCUT2D eigenvalue weighted by atomic mass is 9.80. The lowest BCUT2D eigenvalue weighted by molar-refractivity contribution is 0.0777. The Hall–Kier alpha value is -1.58. The SMILES string of the molecule is CC(C)(C)C1CCN(C(=O)c2cccnc2N)C1. The Morgan fingerprint density at radius 3 is 2.78 bits per heavy atom. The summed E-state index contributed by atoms with van der Waals surface area (Å²) in [5, 5.41) is 0. The zero-order valence-corrected chi connectivity index (χ0v) is 11.3. The summed E-state index contributed by atoms with van der Waals surface area (Å²) >= 11 is 0. The molecule has 1 aromatic rings. The van der Waals surface area contributed by atoms with Crippen LogP contribution in [0.2, 0.25) is 0 Å². The molecular weight excluding hydrogens is 226 g/mol. The molecule has 2 heterocycles. The highest BCUT2D eigenvalue weighted by Gasteiger charge is 2.34. The summed E-state index contributed by atoms with van der Waals surface area (Å²) in [6.45, 7) is 8.31. The number of rotatable bonds is 1. The molecule has 0 radical (unpaired) electrons. The molecule has 2 N–H and O–H groups in total. The van der Waals surface area contributed by atoms with E-state index in [-0.39, 0.29) is 11.3 Å². The number of carbonyl (C=O) groups is 1. The maximum atomic E-state index is 12.3. The summed E-state index contributed by atoms with van der Waals surface area (Å²) in [5.41, 5.74) is 6.52. The van der Waals surface area contributed by atoms with Gasteiger partial charge in [-0.25, -0.2) is 4.98 Å². The van der Waals surface area contributed by atoms with Crippen LogP contribution in [0.15, 0.2) is 18.3 Å². The number of pyridine rings is 1. The zero-order chi connectivity index (χ0) is 13.3. The fourth-order valence-electron chi connectivity index (χ4n) is 2.42. The van der Waals surface area contributed by atoms with Crippen molar-refractivity contribution in [3.05, 3.63) is 23.9 Å². The number of amides is 1. The fraction of sp³-hybridized carbons (Fsp3) is 0.571. The number of hydrogen-bond acceptors (Lipinski definition) is 3. The van der Waals surface area contributed by atoms with Gasteiger partial charge in [0, 0.05) is 19.3 Å². The minimum Gasteiger partial charge on any atom is -0.383 e. The highest BCUT2D eigenvalue weighted by molar-refractivity contribution is 5.98. The number of nitrogens with two attached hydrogens (primary N) is 1. The Bertz CT molecular complexity index is 451. The molecule has 1 atom stereocenters. The molecule has 1 saturated heterocycles. The van der Waals surface area contributed by atoms with E-state index in [9.17, 15) is 4.79 Å². The molecule has 98 valence electrons. The monoisotopic (exact) mass is 247 g/mol. The number of nitrogen functional groups attached to an aromatic ring is 1. The second kappa shape index (κ2) is 4.59. The third-order valence-corrected chi connectivity index (χ3v) is 3.77. The van der Waals surface area contributed by atoms with Gasteiger partial charge in [0.1, 0.15) is 5.82 Å². The first-order chi connectivity index (χ1) is 8.39. The van der Waals surface area contributed by atoms with Crippen molar-refractivity contribution in [1.29, 1.82) is 0 Å². The number of hydrogen-bond donors (Lipinski definition) is 1. The Morgan fingerprint density at radius 1 is 1.50 bits per heavy atom. The normalized spacial score (nSPS) is 20.2. The van der Waals surface area contributed by atoms with Gasteiger partial charge in [-0.3, -0.25) is 4.79 Å². The molecule has 18 heavy (non-hydrogen) atoms. The van der Waals surface area contributed by atoms with Gasteiger partial charge < -0.3 is 10.6 Å². The summed E-state index contributed by atoms with van der Waals surface area (Å²) in [4.78, 5) is 18.2. The molecule has 1 aliphatic rings. The summed E-state index contributed by atoms with van der Waals surface area (Å²) in [5.74, 6) is 0.883. The van der Waals surface area contributed by atoms with Crippen molar-refractivity contribution in [1.82, 2.24) is 9.88 Å². The molecule has 0 spiro atoms. The standard InChI is InChI=1S/C14H21N3O/c1-14(2,3)10-6-8-17(9-10)13(18)11-5-4-7-16-12(11)15/h4-5,7,10H,6,8-9H2,1-3H3,(H2,15,16). The van der Waals surface area contributed by atoms with Crippen LogP contribution in [-0.2, 0) is 0 Å². The molecule has 0 aromatic carbocycles. The van der Waals surface area contributed by atoms with Crippen LogP contribution in [0.4, 0.5) is 5.82 Å². The largest absolute Gasteiger partial charge is 0.383 e. The van der Waals surface area contributed by atoms with Gasteiger partial charge in [0.15, 0.2) is 0 Å². The second-order valence-electron chi connectivity index (χ2n) is 6.04. The van der Waals surface area contributed by atoms with Crippen molar-refractivity contribution in [3.63, 3.8) is 0 Å². The van der Waals surface area contributed by atoms with Crippen LogP contribution in [0.5, 0.6) is 0 Å². The number of aromatic nitrogens is 1. The van der Waals surface area contributed by atoms with Crippen molar-refractivity contribution >= 4 is 11.7 Å². The maximum absolute atomic E-state index is 12.3. The van der Waals surface area contributed by atoms with E-state index >= 15 is 0 Å². The van der Waals surface area contributed by atoms with Gasteiger partial charge in [-0.2, -0.15) is 0 Å². The first-order valence-electron chi connectivity index (χ1n) is 6.39. The molecule has 1 fully saturated rings. The van der Waals surface area contributed by atoms with Crippen LogP contribution < -0.4 is 5.73 Å². The van der Waals surface area contributed by atoms with Gasteiger partial charge in [-0.15, -0.1) is 0 Å². The predicted molar refractivity (Wildman–Crippen MR) is 72.1 cm³/mol. The van der Waals surface area contributed by atoms with Crippen LogP contribution in [0.1, 0.15) is 37.6 Å². The molecule has 0 saturated carbocycles. The molecule has 1 unspecified atom stereocenters. The highest BCUT2D eigenvalue weighted by atomic mass is 16.2. The molecule has 1 aliphatic heterocycles. The average Bonchev–Trinajstić information content (AvgIpc) is 2.77. The minimum absolute atomic E-state index is 0.00681. The molecule has 4 heteroatoms. The molecule has 1 amide bonds. The number of anilines is 1. The highest BCUT2D eigenvalue weighted by Crippen LogP contribution is 2.34. The third-order valence-electron chi connectivity index (χ3n) is 3.77. The van der Waals surface area contributed by atoms with E-state index in [1.165, 1.54) is 0 Å². The molecular formula is C14H21N3O. The van der Waals surface area contributed by atoms with E-state index in [2.05, 4.69) is 25.8 Å². The van der Waals surface area contributed by atoms with Gasteiger partial charge in [0.25, 0.3) is 5.91 Å². The minimum atomic E-state index is 0.00681. The van der Waals surface area contributed by atoms with Gasteiger partial charge in [-0.05, 0) is 29.9 Å². The van der Waals surface area contributed by atoms with Gasteiger partial charge in [0.05, 0.1) is 5.56 Å². The molecule has 2 rings (SSSR count). The van der Waals surface area contributed by atoms with E-state index in [0.29, 0.717) is 17.3 Å². The van der Waals surface area contributed by atoms with Crippen LogP contribution in [0.3, 0.4) is 0 Å². The van der Waals surface area contributed by atoms with Crippen molar-refractivity contribution in [3.8, 4) is 0 Å². The van der Waals surface area contributed by atoms with Gasteiger partial charge in [0.2, 0.25) is 0 Å². The van der Waals surface area contributed by atoms with E-state index in [1.807, 2.05) is 4.90 Å². The summed E-state index contributed by atoms with van der Waals surface area (Å²) in [7, 11) is 0. The van der Waals surface area contributed by atoms with E-state index in [0.717, 1.165) is 19.5 Å². The lowest BCUT2D eigenvalue weighted by Gasteiger charge is -2.27. The first kappa shape index (κ1) is 12.9. The number of likely N-dealkylation sites (tertiary alicyclic amines) is 1. The zero-order valence-electron chi connectivity index (χ0n) is 11.3. The quantitative estimate of drug-likeness (QED) is 0.827. The Labute approximate surface area is 108 Å². The van der Waals surface area contributed by atoms with Crippen molar-refractivity contribution in [2.24, 2.45) is 11.3 Å². The smallest absolute Gasteiger partial charge is 0.257 e. The van der Waals surface area contributed by atoms with Crippen molar-refractivity contribution in [2.45, 2.75) is 27.2 Å². The summed E-state index contributed by atoms with van der Waals surface area (Å²) in [6, 6.07) is 3.50.